The van der Waals surface area contributed by atoms with Crippen molar-refractivity contribution in [2.75, 3.05) is 0 Å². The maximum atomic E-state index is 10.5. The van der Waals surface area contributed by atoms with Crippen molar-refractivity contribution in [3.63, 3.8) is 0 Å². The third kappa shape index (κ3) is 5.59. The first kappa shape index (κ1) is 20.4. The van der Waals surface area contributed by atoms with Gasteiger partial charge in [0, 0.05) is 23.2 Å². The van der Waals surface area contributed by atoms with Crippen LogP contribution in [0.25, 0.3) is 0 Å². The minimum atomic E-state index is -0.586. The van der Waals surface area contributed by atoms with E-state index in [0.717, 1.165) is 22.4 Å². The molecular weight excluding hydrogens is 370 g/mol. The van der Waals surface area contributed by atoms with Gasteiger partial charge in [-0.1, -0.05) is 71.8 Å². The number of benzene rings is 3. The SMILES string of the molecule is Cc1ccc(COc2ccc(Cl)cc2CNC(C)C(O)c2ccccc2)cc1. The molecule has 2 N–H and O–H groups in total. The molecule has 0 saturated carbocycles. The average molecular weight is 396 g/mol. The molecule has 0 aliphatic rings. The topological polar surface area (TPSA) is 41.5 Å². The fourth-order valence-corrected chi connectivity index (χ4v) is 3.19. The van der Waals surface area contributed by atoms with Gasteiger partial charge in [-0.3, -0.25) is 0 Å². The van der Waals surface area contributed by atoms with Gasteiger partial charge in [0.1, 0.15) is 12.4 Å². The maximum Gasteiger partial charge on any atom is 0.124 e. The summed E-state index contributed by atoms with van der Waals surface area (Å²) < 4.78 is 6.03. The number of ether oxygens (including phenoxy) is 1. The Bertz CT molecular complexity index is 881. The highest BCUT2D eigenvalue weighted by Crippen LogP contribution is 2.25. The molecule has 0 radical (unpaired) electrons. The summed E-state index contributed by atoms with van der Waals surface area (Å²) in [6, 6.07) is 23.5. The minimum absolute atomic E-state index is 0.119. The molecule has 28 heavy (non-hydrogen) atoms. The van der Waals surface area contributed by atoms with E-state index >= 15 is 0 Å². The van der Waals surface area contributed by atoms with Gasteiger partial charge in [-0.2, -0.15) is 0 Å². The Morgan fingerprint density at radius 3 is 2.43 bits per heavy atom. The highest BCUT2D eigenvalue weighted by Gasteiger charge is 2.16. The van der Waals surface area contributed by atoms with Gasteiger partial charge in [0.2, 0.25) is 0 Å². The highest BCUT2D eigenvalue weighted by molar-refractivity contribution is 6.30. The lowest BCUT2D eigenvalue weighted by molar-refractivity contribution is 0.135. The number of halogens is 1. The van der Waals surface area contributed by atoms with Crippen LogP contribution in [0.3, 0.4) is 0 Å². The van der Waals surface area contributed by atoms with Crippen LogP contribution in [0.15, 0.2) is 72.8 Å². The normalized spacial score (nSPS) is 13.1. The molecule has 3 aromatic rings. The largest absolute Gasteiger partial charge is 0.489 e. The molecule has 0 amide bonds. The number of aliphatic hydroxyl groups is 1. The predicted molar refractivity (Wildman–Crippen MR) is 115 cm³/mol. The van der Waals surface area contributed by atoms with Crippen molar-refractivity contribution < 1.29 is 9.84 Å². The van der Waals surface area contributed by atoms with E-state index in [1.807, 2.05) is 55.5 Å². The molecule has 2 atom stereocenters. The summed E-state index contributed by atoms with van der Waals surface area (Å²) in [6.07, 6.45) is -0.586. The monoisotopic (exact) mass is 395 g/mol. The van der Waals surface area contributed by atoms with Gasteiger partial charge in [0.25, 0.3) is 0 Å². The second-order valence-electron chi connectivity index (χ2n) is 7.05. The molecule has 0 spiro atoms. The van der Waals surface area contributed by atoms with E-state index < -0.39 is 6.10 Å². The van der Waals surface area contributed by atoms with Crippen molar-refractivity contribution in [3.05, 3.63) is 100 Å². The van der Waals surface area contributed by atoms with Crippen LogP contribution in [-0.2, 0) is 13.2 Å². The van der Waals surface area contributed by atoms with Crippen molar-refractivity contribution in [1.29, 1.82) is 0 Å². The van der Waals surface area contributed by atoms with Gasteiger partial charge in [-0.15, -0.1) is 0 Å². The van der Waals surface area contributed by atoms with Crippen LogP contribution in [0.5, 0.6) is 5.75 Å². The first-order chi connectivity index (χ1) is 13.5. The third-order valence-electron chi connectivity index (χ3n) is 4.77. The second-order valence-corrected chi connectivity index (χ2v) is 7.49. The van der Waals surface area contributed by atoms with E-state index in [9.17, 15) is 5.11 Å². The lowest BCUT2D eigenvalue weighted by Crippen LogP contribution is -2.31. The molecule has 0 heterocycles. The number of hydrogen-bond acceptors (Lipinski definition) is 3. The quantitative estimate of drug-likeness (QED) is 0.533. The molecule has 3 aromatic carbocycles. The number of hydrogen-bond donors (Lipinski definition) is 2. The van der Waals surface area contributed by atoms with E-state index in [1.165, 1.54) is 5.56 Å². The molecule has 0 aromatic heterocycles. The Kier molecular flexibility index (Phi) is 7.10. The van der Waals surface area contributed by atoms with Crippen LogP contribution in [0, 0.1) is 6.92 Å². The number of aliphatic hydroxyl groups excluding tert-OH is 1. The molecule has 0 saturated heterocycles. The van der Waals surface area contributed by atoms with E-state index in [2.05, 4.69) is 36.5 Å². The van der Waals surface area contributed by atoms with Gasteiger partial charge in [-0.25, -0.2) is 0 Å². The molecule has 0 bridgehead atoms. The van der Waals surface area contributed by atoms with Crippen LogP contribution >= 0.6 is 11.6 Å². The lowest BCUT2D eigenvalue weighted by atomic mass is 10.0. The van der Waals surface area contributed by atoms with Crippen molar-refractivity contribution in [2.24, 2.45) is 0 Å². The fourth-order valence-electron chi connectivity index (χ4n) is 2.99. The summed E-state index contributed by atoms with van der Waals surface area (Å²) >= 11 is 6.19. The zero-order chi connectivity index (χ0) is 19.9. The molecule has 3 nitrogen and oxygen atoms in total. The number of nitrogens with one attached hydrogen (secondary N) is 1. The predicted octanol–water partition coefficient (Wildman–Crippen LogP) is 5.44. The van der Waals surface area contributed by atoms with Crippen molar-refractivity contribution in [3.8, 4) is 5.75 Å². The van der Waals surface area contributed by atoms with E-state index in [4.69, 9.17) is 16.3 Å². The number of aryl methyl sites for hydroxylation is 1. The standard InChI is InChI=1S/C24H26ClNO2/c1-17-8-10-19(11-9-17)16-28-23-13-12-22(25)14-21(23)15-26-18(2)24(27)20-6-4-3-5-7-20/h3-14,18,24,26-27H,15-16H2,1-2H3. The van der Waals surface area contributed by atoms with Crippen LogP contribution in [0.1, 0.15) is 35.3 Å². The first-order valence-corrected chi connectivity index (χ1v) is 9.84. The summed E-state index contributed by atoms with van der Waals surface area (Å²) in [7, 11) is 0. The first-order valence-electron chi connectivity index (χ1n) is 9.46. The second kappa shape index (κ2) is 9.74. The van der Waals surface area contributed by atoms with Crippen LogP contribution < -0.4 is 10.1 Å². The number of rotatable bonds is 8. The Morgan fingerprint density at radius 1 is 1.00 bits per heavy atom. The van der Waals surface area contributed by atoms with Crippen molar-refractivity contribution in [2.45, 2.75) is 39.1 Å². The van der Waals surface area contributed by atoms with Gasteiger partial charge in [-0.05, 0) is 43.2 Å². The average Bonchev–Trinajstić information content (AvgIpc) is 2.72. The summed E-state index contributed by atoms with van der Waals surface area (Å²) in [4.78, 5) is 0. The molecular formula is C24H26ClNO2. The minimum Gasteiger partial charge on any atom is -0.489 e. The van der Waals surface area contributed by atoms with Gasteiger partial charge in [0.15, 0.2) is 0 Å². The summed E-state index contributed by atoms with van der Waals surface area (Å²) in [6.45, 7) is 5.08. The Morgan fingerprint density at radius 2 is 1.71 bits per heavy atom. The summed E-state index contributed by atoms with van der Waals surface area (Å²) in [5, 5.41) is 14.6. The van der Waals surface area contributed by atoms with E-state index in [0.29, 0.717) is 18.2 Å². The van der Waals surface area contributed by atoms with Crippen LogP contribution in [0.4, 0.5) is 0 Å². The van der Waals surface area contributed by atoms with Gasteiger partial charge >= 0.3 is 0 Å². The van der Waals surface area contributed by atoms with E-state index in [1.54, 1.807) is 0 Å². The van der Waals surface area contributed by atoms with E-state index in [-0.39, 0.29) is 6.04 Å². The Labute approximate surface area is 171 Å². The molecule has 0 aliphatic carbocycles. The summed E-state index contributed by atoms with van der Waals surface area (Å²) in [5.41, 5.74) is 4.20. The van der Waals surface area contributed by atoms with Crippen LogP contribution in [0.2, 0.25) is 5.02 Å². The highest BCUT2D eigenvalue weighted by atomic mass is 35.5. The van der Waals surface area contributed by atoms with Crippen LogP contribution in [-0.4, -0.2) is 11.1 Å². The molecule has 0 fully saturated rings. The molecule has 146 valence electrons. The third-order valence-corrected chi connectivity index (χ3v) is 5.00. The van der Waals surface area contributed by atoms with Crippen molar-refractivity contribution >= 4 is 11.6 Å². The Balaban J connectivity index is 1.64. The molecule has 3 rings (SSSR count). The Hall–Kier alpha value is -2.33. The molecule has 2 unspecified atom stereocenters. The maximum absolute atomic E-state index is 10.5. The molecule has 4 heteroatoms. The smallest absolute Gasteiger partial charge is 0.124 e. The fraction of sp³-hybridized carbons (Fsp3) is 0.250. The zero-order valence-electron chi connectivity index (χ0n) is 16.2. The summed E-state index contributed by atoms with van der Waals surface area (Å²) in [5.74, 6) is 0.791. The van der Waals surface area contributed by atoms with Crippen molar-refractivity contribution in [1.82, 2.24) is 5.32 Å². The van der Waals surface area contributed by atoms with Gasteiger partial charge in [0.05, 0.1) is 6.10 Å². The zero-order valence-corrected chi connectivity index (χ0v) is 17.0. The van der Waals surface area contributed by atoms with Gasteiger partial charge < -0.3 is 15.2 Å². The molecule has 0 aliphatic heterocycles. The lowest BCUT2D eigenvalue weighted by Gasteiger charge is -2.21.